The standard InChI is InChI=1S/C31H39N3O6S/c1-39-24-14-10-21(11-15-24)18-33-19-23-16-17-34(41(37,38)25-6-3-2-4-7-25)20-28(23)40-29-26(31(33)36)8-5-9-27(29)32-30(35)22-12-13-22/h5,8-11,14-15,22-23,25,28H,2-4,6-7,12-13,16-20H2,1H3,(H,32,35)/t23-,28-/m0/s1. The summed E-state index contributed by atoms with van der Waals surface area (Å²) in [6.45, 7) is 1.50. The largest absolute Gasteiger partial charge is 0.497 e. The molecule has 2 saturated carbocycles. The Morgan fingerprint density at radius 1 is 1.00 bits per heavy atom. The minimum absolute atomic E-state index is 0.0137. The van der Waals surface area contributed by atoms with Gasteiger partial charge in [0.1, 0.15) is 11.9 Å². The second-order valence-electron chi connectivity index (χ2n) is 11.8. The number of hydrogen-bond donors (Lipinski definition) is 1. The fourth-order valence-corrected chi connectivity index (χ4v) is 8.44. The van der Waals surface area contributed by atoms with Gasteiger partial charge in [-0.05, 0) is 61.9 Å². The van der Waals surface area contributed by atoms with Gasteiger partial charge in [0.25, 0.3) is 5.91 Å². The van der Waals surface area contributed by atoms with E-state index in [0.717, 1.165) is 43.4 Å². The third-order valence-electron chi connectivity index (χ3n) is 8.99. The Hall–Kier alpha value is -3.11. The molecule has 1 N–H and O–H groups in total. The smallest absolute Gasteiger partial charge is 0.258 e. The van der Waals surface area contributed by atoms with Gasteiger partial charge in [-0.2, -0.15) is 4.31 Å². The number of nitrogens with zero attached hydrogens (tertiary/aromatic N) is 2. The molecule has 2 aliphatic carbocycles. The molecule has 2 amide bonds. The number of fused-ring (bicyclic) bond motifs is 2. The van der Waals surface area contributed by atoms with Crippen molar-refractivity contribution in [2.24, 2.45) is 11.8 Å². The van der Waals surface area contributed by atoms with Crippen molar-refractivity contribution in [3.05, 3.63) is 53.6 Å². The first-order valence-electron chi connectivity index (χ1n) is 14.8. The first-order chi connectivity index (χ1) is 19.8. The van der Waals surface area contributed by atoms with E-state index < -0.39 is 16.1 Å². The minimum Gasteiger partial charge on any atom is -0.497 e. The molecule has 0 aromatic heterocycles. The topological polar surface area (TPSA) is 105 Å². The third kappa shape index (κ3) is 5.95. The number of nitrogens with one attached hydrogen (secondary N) is 1. The number of para-hydroxylation sites is 1. The molecule has 0 unspecified atom stereocenters. The van der Waals surface area contributed by atoms with Gasteiger partial charge in [0.05, 0.1) is 30.2 Å². The fraction of sp³-hybridized carbons (Fsp3) is 0.548. The lowest BCUT2D eigenvalue weighted by atomic mass is 9.92. The number of amides is 2. The number of rotatable bonds is 7. The SMILES string of the molecule is COc1ccc(CN2C[C@@H]3CCN(S(=O)(=O)C4CCCCC4)C[C@@H]3Oc3c(NC(=O)C4CC4)cccc3C2=O)cc1. The summed E-state index contributed by atoms with van der Waals surface area (Å²) in [5.74, 6) is 0.755. The Morgan fingerprint density at radius 2 is 1.76 bits per heavy atom. The van der Waals surface area contributed by atoms with Crippen LogP contribution in [-0.2, 0) is 21.4 Å². The monoisotopic (exact) mass is 581 g/mol. The second kappa shape index (κ2) is 11.6. The number of carbonyl (C=O) groups is 2. The van der Waals surface area contributed by atoms with Crippen LogP contribution in [0, 0.1) is 11.8 Å². The highest BCUT2D eigenvalue weighted by Gasteiger charge is 2.43. The van der Waals surface area contributed by atoms with Gasteiger partial charge in [-0.25, -0.2) is 8.42 Å². The first-order valence-corrected chi connectivity index (χ1v) is 16.4. The molecule has 2 aliphatic heterocycles. The molecule has 0 spiro atoms. The van der Waals surface area contributed by atoms with Gasteiger partial charge in [0, 0.05) is 31.5 Å². The molecule has 2 aromatic carbocycles. The molecule has 2 heterocycles. The molecule has 2 aromatic rings. The lowest BCUT2D eigenvalue weighted by Gasteiger charge is -2.43. The van der Waals surface area contributed by atoms with E-state index in [1.54, 1.807) is 29.6 Å². The molecule has 1 saturated heterocycles. The summed E-state index contributed by atoms with van der Waals surface area (Å²) >= 11 is 0. The molecule has 2 atom stereocenters. The van der Waals surface area contributed by atoms with Crippen LogP contribution >= 0.6 is 0 Å². The number of anilines is 1. The fourth-order valence-electron chi connectivity index (χ4n) is 6.37. The van der Waals surface area contributed by atoms with Crippen LogP contribution in [-0.4, -0.2) is 67.5 Å². The quantitative estimate of drug-likeness (QED) is 0.519. The van der Waals surface area contributed by atoms with Crippen LogP contribution in [0.4, 0.5) is 5.69 Å². The first kappa shape index (κ1) is 28.0. The highest BCUT2D eigenvalue weighted by Crippen LogP contribution is 2.39. The molecule has 0 radical (unpaired) electrons. The van der Waals surface area contributed by atoms with Crippen LogP contribution in [0.25, 0.3) is 0 Å². The van der Waals surface area contributed by atoms with Crippen molar-refractivity contribution in [1.29, 1.82) is 0 Å². The van der Waals surface area contributed by atoms with Crippen molar-refractivity contribution < 1.29 is 27.5 Å². The maximum atomic E-state index is 14.0. The number of benzene rings is 2. The number of ether oxygens (including phenoxy) is 2. The van der Waals surface area contributed by atoms with Crippen molar-refractivity contribution in [3.8, 4) is 11.5 Å². The van der Waals surface area contributed by atoms with E-state index in [2.05, 4.69) is 5.32 Å². The van der Waals surface area contributed by atoms with E-state index in [1.807, 2.05) is 29.2 Å². The Morgan fingerprint density at radius 3 is 2.46 bits per heavy atom. The van der Waals surface area contributed by atoms with E-state index in [-0.39, 0.29) is 35.4 Å². The molecular weight excluding hydrogens is 542 g/mol. The Labute approximate surface area is 242 Å². The van der Waals surface area contributed by atoms with Crippen LogP contribution in [0.15, 0.2) is 42.5 Å². The summed E-state index contributed by atoms with van der Waals surface area (Å²) in [5.41, 5.74) is 1.80. The minimum atomic E-state index is -3.45. The van der Waals surface area contributed by atoms with Crippen molar-refractivity contribution in [2.45, 2.75) is 69.3 Å². The summed E-state index contributed by atoms with van der Waals surface area (Å²) in [7, 11) is -1.84. The lowest BCUT2D eigenvalue weighted by Crippen LogP contribution is -2.55. The zero-order valence-corrected chi connectivity index (χ0v) is 24.4. The molecule has 9 nitrogen and oxygen atoms in total. The van der Waals surface area contributed by atoms with Crippen molar-refractivity contribution in [3.63, 3.8) is 0 Å². The summed E-state index contributed by atoms with van der Waals surface area (Å²) in [6.07, 6.45) is 6.24. The number of methoxy groups -OCH3 is 1. The Kier molecular flexibility index (Phi) is 7.96. The maximum absolute atomic E-state index is 14.0. The number of piperidine rings is 1. The van der Waals surface area contributed by atoms with Crippen molar-refractivity contribution >= 4 is 27.5 Å². The molecule has 220 valence electrons. The highest BCUT2D eigenvalue weighted by atomic mass is 32.2. The maximum Gasteiger partial charge on any atom is 0.258 e. The number of carbonyl (C=O) groups excluding carboxylic acids is 2. The average molecular weight is 582 g/mol. The van der Waals surface area contributed by atoms with E-state index in [0.29, 0.717) is 55.9 Å². The van der Waals surface area contributed by atoms with Crippen LogP contribution in [0.3, 0.4) is 0 Å². The Balaban J connectivity index is 1.32. The molecule has 10 heteroatoms. The summed E-state index contributed by atoms with van der Waals surface area (Å²) in [4.78, 5) is 28.6. The predicted octanol–water partition coefficient (Wildman–Crippen LogP) is 4.43. The second-order valence-corrected chi connectivity index (χ2v) is 14.1. The van der Waals surface area contributed by atoms with Gasteiger partial charge in [0.15, 0.2) is 5.75 Å². The number of hydrogen-bond acceptors (Lipinski definition) is 6. The van der Waals surface area contributed by atoms with E-state index in [1.165, 1.54) is 0 Å². The van der Waals surface area contributed by atoms with Crippen LogP contribution in [0.1, 0.15) is 67.3 Å². The normalized spacial score (nSPS) is 23.9. The summed E-state index contributed by atoms with van der Waals surface area (Å²) in [5, 5.41) is 2.65. The average Bonchev–Trinajstić information content (AvgIpc) is 3.84. The predicted molar refractivity (Wildman–Crippen MR) is 155 cm³/mol. The zero-order chi connectivity index (χ0) is 28.6. The molecule has 3 fully saturated rings. The van der Waals surface area contributed by atoms with Crippen LogP contribution < -0.4 is 14.8 Å². The van der Waals surface area contributed by atoms with Gasteiger partial charge in [-0.3, -0.25) is 9.59 Å². The Bertz CT molecular complexity index is 1390. The van der Waals surface area contributed by atoms with Crippen LogP contribution in [0.2, 0.25) is 0 Å². The zero-order valence-electron chi connectivity index (χ0n) is 23.6. The van der Waals surface area contributed by atoms with E-state index in [4.69, 9.17) is 9.47 Å². The van der Waals surface area contributed by atoms with Crippen molar-refractivity contribution in [2.75, 3.05) is 32.1 Å². The summed E-state index contributed by atoms with van der Waals surface area (Å²) in [6, 6.07) is 12.9. The molecule has 4 aliphatic rings. The molecule has 0 bridgehead atoms. The molecular formula is C31H39N3O6S. The summed E-state index contributed by atoms with van der Waals surface area (Å²) < 4.78 is 40.8. The van der Waals surface area contributed by atoms with Gasteiger partial charge < -0.3 is 19.7 Å². The van der Waals surface area contributed by atoms with Gasteiger partial charge in [-0.1, -0.05) is 37.5 Å². The van der Waals surface area contributed by atoms with Gasteiger partial charge in [0.2, 0.25) is 15.9 Å². The van der Waals surface area contributed by atoms with Gasteiger partial charge in [-0.15, -0.1) is 0 Å². The lowest BCUT2D eigenvalue weighted by molar-refractivity contribution is -0.117. The molecule has 41 heavy (non-hydrogen) atoms. The molecule has 6 rings (SSSR count). The van der Waals surface area contributed by atoms with Crippen molar-refractivity contribution in [1.82, 2.24) is 9.21 Å². The van der Waals surface area contributed by atoms with E-state index >= 15 is 0 Å². The highest BCUT2D eigenvalue weighted by molar-refractivity contribution is 7.89. The third-order valence-corrected chi connectivity index (χ3v) is 11.4. The number of sulfonamides is 1. The van der Waals surface area contributed by atoms with Crippen LogP contribution in [0.5, 0.6) is 11.5 Å². The van der Waals surface area contributed by atoms with Gasteiger partial charge >= 0.3 is 0 Å². The van der Waals surface area contributed by atoms with E-state index in [9.17, 15) is 18.0 Å².